The standard InChI is InChI=1S/C18H24N4O/c23-18(10-12-22-15-19-14-20-22)21-11-4-7-17(13-21)9-8-16-5-2-1-3-6-16/h1-3,5-6,14-15,17H,4,7-13H2/t17-/m1/s1. The first-order valence-electron chi connectivity index (χ1n) is 8.45. The van der Waals surface area contributed by atoms with Crippen LogP contribution in [0.25, 0.3) is 0 Å². The Labute approximate surface area is 137 Å². The molecule has 0 saturated carbocycles. The molecule has 0 radical (unpaired) electrons. The van der Waals surface area contributed by atoms with E-state index in [1.165, 1.54) is 18.3 Å². The SMILES string of the molecule is O=C(CCn1cncn1)N1CCC[C@H](CCc2ccccc2)C1. The zero-order chi connectivity index (χ0) is 15.9. The van der Waals surface area contributed by atoms with Gasteiger partial charge in [-0.1, -0.05) is 30.3 Å². The van der Waals surface area contributed by atoms with Gasteiger partial charge in [0.1, 0.15) is 12.7 Å². The lowest BCUT2D eigenvalue weighted by Gasteiger charge is -2.33. The van der Waals surface area contributed by atoms with E-state index in [2.05, 4.69) is 40.4 Å². The monoisotopic (exact) mass is 312 g/mol. The summed E-state index contributed by atoms with van der Waals surface area (Å²) in [6.45, 7) is 2.42. The summed E-state index contributed by atoms with van der Waals surface area (Å²) >= 11 is 0. The number of nitrogens with zero attached hydrogens (tertiary/aromatic N) is 4. The van der Waals surface area contributed by atoms with Crippen LogP contribution in [0.4, 0.5) is 0 Å². The van der Waals surface area contributed by atoms with E-state index in [0.717, 1.165) is 32.4 Å². The van der Waals surface area contributed by atoms with Gasteiger partial charge in [-0.3, -0.25) is 9.48 Å². The van der Waals surface area contributed by atoms with E-state index in [1.807, 2.05) is 4.90 Å². The average molecular weight is 312 g/mol. The Morgan fingerprint density at radius 2 is 2.13 bits per heavy atom. The number of amides is 1. The quantitative estimate of drug-likeness (QED) is 0.823. The molecule has 5 heteroatoms. The van der Waals surface area contributed by atoms with Crippen LogP contribution < -0.4 is 0 Å². The van der Waals surface area contributed by atoms with Crippen LogP contribution >= 0.6 is 0 Å². The number of piperidine rings is 1. The average Bonchev–Trinajstić information content (AvgIpc) is 3.12. The molecule has 0 spiro atoms. The number of benzene rings is 1. The second kappa shape index (κ2) is 7.90. The fraction of sp³-hybridized carbons (Fsp3) is 0.500. The molecule has 1 atom stereocenters. The molecule has 0 aliphatic carbocycles. The maximum Gasteiger partial charge on any atom is 0.224 e. The van der Waals surface area contributed by atoms with E-state index < -0.39 is 0 Å². The molecule has 2 heterocycles. The van der Waals surface area contributed by atoms with Crippen molar-refractivity contribution in [3.8, 4) is 0 Å². The number of aryl methyl sites for hydroxylation is 2. The van der Waals surface area contributed by atoms with Gasteiger partial charge in [-0.25, -0.2) is 4.98 Å². The van der Waals surface area contributed by atoms with Gasteiger partial charge in [-0.05, 0) is 37.2 Å². The van der Waals surface area contributed by atoms with Gasteiger partial charge < -0.3 is 4.90 Å². The van der Waals surface area contributed by atoms with Crippen LogP contribution in [0.15, 0.2) is 43.0 Å². The van der Waals surface area contributed by atoms with Gasteiger partial charge in [0.05, 0.1) is 6.54 Å². The summed E-state index contributed by atoms with van der Waals surface area (Å²) in [4.78, 5) is 18.3. The maximum absolute atomic E-state index is 12.4. The van der Waals surface area contributed by atoms with Gasteiger partial charge in [0.2, 0.25) is 5.91 Å². The van der Waals surface area contributed by atoms with E-state index in [1.54, 1.807) is 11.0 Å². The first-order valence-corrected chi connectivity index (χ1v) is 8.45. The zero-order valence-electron chi connectivity index (χ0n) is 13.5. The van der Waals surface area contributed by atoms with Crippen molar-refractivity contribution < 1.29 is 4.79 Å². The van der Waals surface area contributed by atoms with Crippen LogP contribution in [0, 0.1) is 5.92 Å². The van der Waals surface area contributed by atoms with Crippen molar-refractivity contribution in [3.05, 3.63) is 48.5 Å². The normalized spacial score (nSPS) is 18.1. The topological polar surface area (TPSA) is 51.0 Å². The third kappa shape index (κ3) is 4.65. The largest absolute Gasteiger partial charge is 0.342 e. The summed E-state index contributed by atoms with van der Waals surface area (Å²) in [6, 6.07) is 10.6. The van der Waals surface area contributed by atoms with E-state index in [-0.39, 0.29) is 5.91 Å². The molecule has 23 heavy (non-hydrogen) atoms. The van der Waals surface area contributed by atoms with Crippen molar-refractivity contribution >= 4 is 5.91 Å². The minimum Gasteiger partial charge on any atom is -0.342 e. The van der Waals surface area contributed by atoms with Crippen LogP contribution in [0.3, 0.4) is 0 Å². The maximum atomic E-state index is 12.4. The molecule has 1 aliphatic heterocycles. The fourth-order valence-corrected chi connectivity index (χ4v) is 3.26. The number of hydrogen-bond donors (Lipinski definition) is 0. The van der Waals surface area contributed by atoms with E-state index >= 15 is 0 Å². The fourth-order valence-electron chi connectivity index (χ4n) is 3.26. The lowest BCUT2D eigenvalue weighted by molar-refractivity contribution is -0.133. The highest BCUT2D eigenvalue weighted by Gasteiger charge is 2.23. The second-order valence-electron chi connectivity index (χ2n) is 6.28. The Morgan fingerprint density at radius 3 is 2.91 bits per heavy atom. The molecule has 2 aromatic rings. The van der Waals surface area contributed by atoms with Gasteiger partial charge in [0, 0.05) is 19.5 Å². The van der Waals surface area contributed by atoms with Crippen molar-refractivity contribution in [1.82, 2.24) is 19.7 Å². The summed E-state index contributed by atoms with van der Waals surface area (Å²) in [6.07, 6.45) is 8.30. The number of rotatable bonds is 6. The Kier molecular flexibility index (Phi) is 5.40. The van der Waals surface area contributed by atoms with Crippen LogP contribution in [0.2, 0.25) is 0 Å². The molecule has 1 aromatic carbocycles. The predicted octanol–water partition coefficient (Wildman–Crippen LogP) is 2.54. The molecule has 0 N–H and O–H groups in total. The number of carbonyl (C=O) groups is 1. The van der Waals surface area contributed by atoms with Crippen molar-refractivity contribution in [2.75, 3.05) is 13.1 Å². The first-order chi connectivity index (χ1) is 11.3. The molecule has 1 aliphatic rings. The second-order valence-corrected chi connectivity index (χ2v) is 6.28. The molecule has 1 amide bonds. The highest BCUT2D eigenvalue weighted by molar-refractivity contribution is 5.76. The molecule has 122 valence electrons. The summed E-state index contributed by atoms with van der Waals surface area (Å²) in [5.41, 5.74) is 1.39. The zero-order valence-corrected chi connectivity index (χ0v) is 13.5. The number of carbonyl (C=O) groups excluding carboxylic acids is 1. The molecule has 0 unspecified atom stereocenters. The van der Waals surface area contributed by atoms with E-state index in [0.29, 0.717) is 18.9 Å². The number of aromatic nitrogens is 3. The van der Waals surface area contributed by atoms with Crippen LogP contribution in [-0.2, 0) is 17.8 Å². The van der Waals surface area contributed by atoms with Crippen LogP contribution in [0.1, 0.15) is 31.2 Å². The molecule has 3 rings (SSSR count). The minimum absolute atomic E-state index is 0.241. The number of likely N-dealkylation sites (tertiary alicyclic amines) is 1. The molecule has 5 nitrogen and oxygen atoms in total. The lowest BCUT2D eigenvalue weighted by atomic mass is 9.91. The van der Waals surface area contributed by atoms with Crippen molar-refractivity contribution in [2.24, 2.45) is 5.92 Å². The van der Waals surface area contributed by atoms with Gasteiger partial charge >= 0.3 is 0 Å². The molecule has 1 aromatic heterocycles. The Balaban J connectivity index is 1.44. The van der Waals surface area contributed by atoms with Gasteiger partial charge in [-0.2, -0.15) is 5.10 Å². The van der Waals surface area contributed by atoms with Crippen LogP contribution in [-0.4, -0.2) is 38.7 Å². The molecule has 0 bridgehead atoms. The molecular formula is C18H24N4O. The van der Waals surface area contributed by atoms with Gasteiger partial charge in [0.25, 0.3) is 0 Å². The Bertz CT molecular complexity index is 597. The van der Waals surface area contributed by atoms with E-state index in [9.17, 15) is 4.79 Å². The summed E-state index contributed by atoms with van der Waals surface area (Å²) in [5.74, 6) is 0.865. The highest BCUT2D eigenvalue weighted by Crippen LogP contribution is 2.22. The van der Waals surface area contributed by atoms with Crippen molar-refractivity contribution in [2.45, 2.75) is 38.6 Å². The molecule has 1 saturated heterocycles. The highest BCUT2D eigenvalue weighted by atomic mass is 16.2. The Hall–Kier alpha value is -2.17. The third-order valence-electron chi connectivity index (χ3n) is 4.58. The van der Waals surface area contributed by atoms with Crippen molar-refractivity contribution in [1.29, 1.82) is 0 Å². The third-order valence-corrected chi connectivity index (χ3v) is 4.58. The summed E-state index contributed by atoms with van der Waals surface area (Å²) in [7, 11) is 0. The lowest BCUT2D eigenvalue weighted by Crippen LogP contribution is -2.40. The van der Waals surface area contributed by atoms with Crippen LogP contribution in [0.5, 0.6) is 0 Å². The smallest absolute Gasteiger partial charge is 0.224 e. The van der Waals surface area contributed by atoms with Crippen molar-refractivity contribution in [3.63, 3.8) is 0 Å². The molecule has 1 fully saturated rings. The first kappa shape index (κ1) is 15.7. The summed E-state index contributed by atoms with van der Waals surface area (Å²) in [5, 5.41) is 4.05. The van der Waals surface area contributed by atoms with Gasteiger partial charge in [0.15, 0.2) is 0 Å². The Morgan fingerprint density at radius 1 is 1.26 bits per heavy atom. The predicted molar refractivity (Wildman–Crippen MR) is 88.7 cm³/mol. The summed E-state index contributed by atoms with van der Waals surface area (Å²) < 4.78 is 1.72. The number of hydrogen-bond acceptors (Lipinski definition) is 3. The van der Waals surface area contributed by atoms with Gasteiger partial charge in [-0.15, -0.1) is 0 Å². The van der Waals surface area contributed by atoms with E-state index in [4.69, 9.17) is 0 Å². The molecular weight excluding hydrogens is 288 g/mol. The minimum atomic E-state index is 0.241.